The number of para-hydroxylation sites is 1. The zero-order chi connectivity index (χ0) is 20.2. The van der Waals surface area contributed by atoms with Crippen molar-refractivity contribution in [2.45, 2.75) is 13.5 Å². The molecule has 29 heavy (non-hydrogen) atoms. The van der Waals surface area contributed by atoms with Crippen molar-refractivity contribution in [2.24, 2.45) is 0 Å². The number of amides is 2. The molecule has 0 saturated carbocycles. The van der Waals surface area contributed by atoms with E-state index in [1.165, 1.54) is 0 Å². The second-order valence-corrected chi connectivity index (χ2v) is 6.39. The van der Waals surface area contributed by atoms with Crippen LogP contribution in [-0.4, -0.2) is 27.7 Å². The quantitative estimate of drug-likeness (QED) is 0.548. The van der Waals surface area contributed by atoms with Gasteiger partial charge in [-0.25, -0.2) is 4.98 Å². The van der Waals surface area contributed by atoms with Crippen molar-refractivity contribution in [1.29, 1.82) is 0 Å². The third kappa shape index (κ3) is 3.62. The van der Waals surface area contributed by atoms with Crippen molar-refractivity contribution in [3.63, 3.8) is 0 Å². The number of aromatic nitrogens is 2. The molecule has 7 heteroatoms. The smallest absolute Gasteiger partial charge is 0.294 e. The fourth-order valence-corrected chi connectivity index (χ4v) is 3.19. The summed E-state index contributed by atoms with van der Waals surface area (Å²) < 4.78 is 6.89. The van der Waals surface area contributed by atoms with Crippen LogP contribution in [0.3, 0.4) is 0 Å². The van der Waals surface area contributed by atoms with E-state index in [2.05, 4.69) is 10.3 Å². The second-order valence-electron chi connectivity index (χ2n) is 6.39. The number of nitrogens with one attached hydrogen (secondary N) is 1. The van der Waals surface area contributed by atoms with Gasteiger partial charge in [-0.2, -0.15) is 0 Å². The SMILES string of the molecule is CCN(C(=O)c1nc(C(=O)NCc2ccco2)c2ccccn12)c1ccccc1. The molecule has 7 nitrogen and oxygen atoms in total. The van der Waals surface area contributed by atoms with E-state index in [1.807, 2.05) is 43.3 Å². The number of nitrogens with zero attached hydrogens (tertiary/aromatic N) is 3. The number of anilines is 1. The Morgan fingerprint density at radius 1 is 1.07 bits per heavy atom. The van der Waals surface area contributed by atoms with Crippen molar-refractivity contribution >= 4 is 23.0 Å². The van der Waals surface area contributed by atoms with Gasteiger partial charge in [0.25, 0.3) is 11.8 Å². The van der Waals surface area contributed by atoms with E-state index in [0.717, 1.165) is 5.69 Å². The molecule has 0 spiro atoms. The summed E-state index contributed by atoms with van der Waals surface area (Å²) in [4.78, 5) is 32.1. The van der Waals surface area contributed by atoms with E-state index in [-0.39, 0.29) is 29.9 Å². The molecule has 0 unspecified atom stereocenters. The van der Waals surface area contributed by atoms with Crippen LogP contribution >= 0.6 is 0 Å². The van der Waals surface area contributed by atoms with Gasteiger partial charge in [-0.1, -0.05) is 24.3 Å². The van der Waals surface area contributed by atoms with Gasteiger partial charge in [-0.05, 0) is 43.3 Å². The first-order valence-electron chi connectivity index (χ1n) is 9.33. The molecule has 1 N–H and O–H groups in total. The zero-order valence-corrected chi connectivity index (χ0v) is 15.9. The largest absolute Gasteiger partial charge is 0.467 e. The Hall–Kier alpha value is -3.87. The highest BCUT2D eigenvalue weighted by Crippen LogP contribution is 2.19. The average molecular weight is 388 g/mol. The molecule has 4 aromatic rings. The summed E-state index contributed by atoms with van der Waals surface area (Å²) in [6.07, 6.45) is 3.28. The van der Waals surface area contributed by atoms with Crippen LogP contribution in [0.5, 0.6) is 0 Å². The van der Waals surface area contributed by atoms with Crippen LogP contribution in [0.15, 0.2) is 77.5 Å². The van der Waals surface area contributed by atoms with Gasteiger partial charge in [-0.15, -0.1) is 0 Å². The first-order chi connectivity index (χ1) is 14.2. The summed E-state index contributed by atoms with van der Waals surface area (Å²) in [5.41, 5.74) is 1.54. The molecular weight excluding hydrogens is 368 g/mol. The molecule has 3 heterocycles. The van der Waals surface area contributed by atoms with Crippen LogP contribution in [0.25, 0.3) is 5.52 Å². The molecule has 0 aliphatic heterocycles. The van der Waals surface area contributed by atoms with Crippen LogP contribution in [0.4, 0.5) is 5.69 Å². The first-order valence-corrected chi connectivity index (χ1v) is 9.33. The summed E-state index contributed by atoms with van der Waals surface area (Å²) in [5, 5.41) is 2.79. The normalized spacial score (nSPS) is 10.8. The molecule has 0 atom stereocenters. The van der Waals surface area contributed by atoms with E-state index in [4.69, 9.17) is 4.42 Å². The van der Waals surface area contributed by atoms with Gasteiger partial charge in [0, 0.05) is 18.4 Å². The number of furan rings is 1. The molecule has 0 aliphatic rings. The molecular formula is C22H20N4O3. The molecule has 3 aromatic heterocycles. The Bertz CT molecular complexity index is 1130. The maximum absolute atomic E-state index is 13.3. The highest BCUT2D eigenvalue weighted by Gasteiger charge is 2.25. The number of hydrogen-bond donors (Lipinski definition) is 1. The van der Waals surface area contributed by atoms with Crippen LogP contribution in [0.1, 0.15) is 33.8 Å². The lowest BCUT2D eigenvalue weighted by atomic mass is 10.3. The third-order valence-electron chi connectivity index (χ3n) is 4.59. The minimum absolute atomic E-state index is 0.189. The molecule has 0 bridgehead atoms. The van der Waals surface area contributed by atoms with E-state index in [1.54, 1.807) is 46.0 Å². The van der Waals surface area contributed by atoms with Gasteiger partial charge >= 0.3 is 0 Å². The van der Waals surface area contributed by atoms with Crippen LogP contribution in [-0.2, 0) is 6.54 Å². The number of fused-ring (bicyclic) bond motifs is 1. The van der Waals surface area contributed by atoms with Crippen LogP contribution in [0, 0.1) is 0 Å². The number of hydrogen-bond acceptors (Lipinski definition) is 4. The van der Waals surface area contributed by atoms with Crippen molar-refractivity contribution in [3.05, 3.63) is 90.4 Å². The standard InChI is InChI=1S/C22H20N4O3/c1-2-25(16-9-4-3-5-10-16)22(28)20-24-19(18-12-6-7-13-26(18)20)21(27)23-15-17-11-8-14-29-17/h3-14H,2,15H2,1H3,(H,23,27). The molecule has 0 radical (unpaired) electrons. The molecule has 2 amide bonds. The van der Waals surface area contributed by atoms with E-state index >= 15 is 0 Å². The lowest BCUT2D eigenvalue weighted by Gasteiger charge is -2.20. The van der Waals surface area contributed by atoms with Gasteiger partial charge in [0.1, 0.15) is 5.76 Å². The summed E-state index contributed by atoms with van der Waals surface area (Å²) in [6, 6.07) is 18.3. The minimum Gasteiger partial charge on any atom is -0.467 e. The Labute approximate surface area is 167 Å². The Morgan fingerprint density at radius 2 is 1.86 bits per heavy atom. The monoisotopic (exact) mass is 388 g/mol. The number of pyridine rings is 1. The van der Waals surface area contributed by atoms with Gasteiger partial charge in [0.05, 0.1) is 18.3 Å². The van der Waals surface area contributed by atoms with Crippen molar-refractivity contribution in [3.8, 4) is 0 Å². The Kier molecular flexibility index (Phi) is 5.11. The minimum atomic E-state index is -0.369. The Morgan fingerprint density at radius 3 is 2.59 bits per heavy atom. The predicted octanol–water partition coefficient (Wildman–Crippen LogP) is 3.52. The second kappa shape index (κ2) is 8.02. The van der Waals surface area contributed by atoms with Crippen molar-refractivity contribution < 1.29 is 14.0 Å². The molecule has 0 saturated heterocycles. The highest BCUT2D eigenvalue weighted by atomic mass is 16.3. The topological polar surface area (TPSA) is 79.8 Å². The molecule has 146 valence electrons. The van der Waals surface area contributed by atoms with E-state index in [9.17, 15) is 9.59 Å². The highest BCUT2D eigenvalue weighted by molar-refractivity contribution is 6.07. The molecule has 4 rings (SSSR count). The zero-order valence-electron chi connectivity index (χ0n) is 15.9. The number of rotatable bonds is 6. The Balaban J connectivity index is 1.68. The van der Waals surface area contributed by atoms with Gasteiger partial charge in [0.15, 0.2) is 5.69 Å². The number of benzene rings is 1. The predicted molar refractivity (Wildman–Crippen MR) is 109 cm³/mol. The maximum Gasteiger partial charge on any atom is 0.294 e. The fraction of sp³-hybridized carbons (Fsp3) is 0.136. The van der Waals surface area contributed by atoms with E-state index in [0.29, 0.717) is 17.8 Å². The first kappa shape index (κ1) is 18.5. The number of carbonyl (C=O) groups is 2. The molecule has 1 aromatic carbocycles. The lowest BCUT2D eigenvalue weighted by molar-refractivity contribution is 0.0945. The summed E-state index contributed by atoms with van der Waals surface area (Å²) in [5.74, 6) is 0.186. The summed E-state index contributed by atoms with van der Waals surface area (Å²) >= 11 is 0. The molecule has 0 aliphatic carbocycles. The average Bonchev–Trinajstić information content (AvgIpc) is 3.41. The van der Waals surface area contributed by atoms with Gasteiger partial charge in [0.2, 0.25) is 5.82 Å². The lowest BCUT2D eigenvalue weighted by Crippen LogP contribution is -2.32. The van der Waals surface area contributed by atoms with Crippen LogP contribution < -0.4 is 10.2 Å². The van der Waals surface area contributed by atoms with Crippen LogP contribution in [0.2, 0.25) is 0 Å². The number of carbonyl (C=O) groups excluding carboxylic acids is 2. The summed E-state index contributed by atoms with van der Waals surface area (Å²) in [7, 11) is 0. The molecule has 0 fully saturated rings. The fourth-order valence-electron chi connectivity index (χ4n) is 3.19. The van der Waals surface area contributed by atoms with Crippen molar-refractivity contribution in [2.75, 3.05) is 11.4 Å². The van der Waals surface area contributed by atoms with Gasteiger partial charge < -0.3 is 14.6 Å². The maximum atomic E-state index is 13.3. The number of imidazole rings is 1. The van der Waals surface area contributed by atoms with Crippen molar-refractivity contribution in [1.82, 2.24) is 14.7 Å². The van der Waals surface area contributed by atoms with Gasteiger partial charge in [-0.3, -0.25) is 14.0 Å². The van der Waals surface area contributed by atoms with E-state index < -0.39 is 0 Å². The summed E-state index contributed by atoms with van der Waals surface area (Å²) in [6.45, 7) is 2.62. The third-order valence-corrected chi connectivity index (χ3v) is 4.59.